The molecule has 14 heavy (non-hydrogen) atoms. The van der Waals surface area contributed by atoms with E-state index in [1.165, 1.54) is 11.3 Å². The molecule has 0 spiro atoms. The fourth-order valence-electron chi connectivity index (χ4n) is 0.848. The van der Waals surface area contributed by atoms with Crippen LogP contribution in [0.3, 0.4) is 0 Å². The van der Waals surface area contributed by atoms with Gasteiger partial charge in [-0.2, -0.15) is 13.2 Å². The minimum atomic E-state index is -4.80. The summed E-state index contributed by atoms with van der Waals surface area (Å²) in [7, 11) is 0. The van der Waals surface area contributed by atoms with Crippen LogP contribution in [0.25, 0.3) is 0 Å². The molecule has 78 valence electrons. The summed E-state index contributed by atoms with van der Waals surface area (Å²) in [6.07, 6.45) is -4.80. The molecule has 1 aromatic heterocycles. The van der Waals surface area contributed by atoms with E-state index in [1.54, 1.807) is 17.4 Å². The van der Waals surface area contributed by atoms with E-state index >= 15 is 0 Å². The van der Waals surface area contributed by atoms with Gasteiger partial charge in [0.05, 0.1) is 6.54 Å². The number of halogens is 3. The van der Waals surface area contributed by atoms with Crippen LogP contribution in [0.1, 0.15) is 9.75 Å². The van der Waals surface area contributed by atoms with E-state index in [1.807, 2.05) is 6.92 Å². The minimum Gasteiger partial charge on any atom is -0.343 e. The number of amides is 1. The van der Waals surface area contributed by atoms with Gasteiger partial charge in [0.2, 0.25) is 0 Å². The van der Waals surface area contributed by atoms with Gasteiger partial charge in [-0.05, 0) is 19.1 Å². The van der Waals surface area contributed by atoms with Crippen LogP contribution < -0.4 is 5.32 Å². The normalized spacial score (nSPS) is 11.4. The molecule has 0 radical (unpaired) electrons. The Morgan fingerprint density at radius 3 is 2.57 bits per heavy atom. The van der Waals surface area contributed by atoms with Crippen molar-refractivity contribution in [3.05, 3.63) is 21.9 Å². The topological polar surface area (TPSA) is 29.1 Å². The van der Waals surface area contributed by atoms with Crippen molar-refractivity contribution < 1.29 is 18.0 Å². The molecule has 2 nitrogen and oxygen atoms in total. The highest BCUT2D eigenvalue weighted by molar-refractivity contribution is 7.11. The lowest BCUT2D eigenvalue weighted by Gasteiger charge is -2.05. The van der Waals surface area contributed by atoms with Crippen molar-refractivity contribution in [2.45, 2.75) is 19.6 Å². The van der Waals surface area contributed by atoms with Crippen LogP contribution in [-0.4, -0.2) is 12.1 Å². The molecule has 0 aromatic carbocycles. The molecule has 0 aliphatic heterocycles. The third kappa shape index (κ3) is 3.02. The first-order valence-corrected chi connectivity index (χ1v) is 4.61. The maximum atomic E-state index is 11.7. The number of alkyl halides is 3. The van der Waals surface area contributed by atoms with Gasteiger partial charge in [-0.3, -0.25) is 4.79 Å². The average Bonchev–Trinajstić information content (AvgIpc) is 2.45. The zero-order chi connectivity index (χ0) is 10.8. The maximum Gasteiger partial charge on any atom is 0.471 e. The molecule has 1 amide bonds. The molecule has 6 heteroatoms. The molecule has 1 N–H and O–H groups in total. The van der Waals surface area contributed by atoms with Gasteiger partial charge in [-0.1, -0.05) is 0 Å². The smallest absolute Gasteiger partial charge is 0.343 e. The van der Waals surface area contributed by atoms with Crippen LogP contribution in [-0.2, 0) is 11.3 Å². The van der Waals surface area contributed by atoms with E-state index in [9.17, 15) is 18.0 Å². The Morgan fingerprint density at radius 2 is 2.14 bits per heavy atom. The average molecular weight is 223 g/mol. The summed E-state index contributed by atoms with van der Waals surface area (Å²) >= 11 is 1.36. The first kappa shape index (κ1) is 11.0. The fourth-order valence-corrected chi connectivity index (χ4v) is 1.68. The Kier molecular flexibility index (Phi) is 3.15. The third-order valence-corrected chi connectivity index (χ3v) is 2.48. The van der Waals surface area contributed by atoms with Gasteiger partial charge in [0.25, 0.3) is 0 Å². The summed E-state index contributed by atoms with van der Waals surface area (Å²) in [6, 6.07) is 3.48. The predicted octanol–water partition coefficient (Wildman–Crippen LogP) is 2.24. The first-order valence-electron chi connectivity index (χ1n) is 3.80. The monoisotopic (exact) mass is 223 g/mol. The SMILES string of the molecule is Cc1ccc(CNC(=O)C(F)(F)F)s1. The Labute approximate surface area is 82.7 Å². The minimum absolute atomic E-state index is 0.0726. The Bertz CT molecular complexity index is 332. The lowest BCUT2D eigenvalue weighted by atomic mass is 10.4. The van der Waals surface area contributed by atoms with Crippen molar-refractivity contribution >= 4 is 17.2 Å². The second-order valence-corrected chi connectivity index (χ2v) is 4.07. The van der Waals surface area contributed by atoms with Crippen molar-refractivity contribution in [2.24, 2.45) is 0 Å². The lowest BCUT2D eigenvalue weighted by Crippen LogP contribution is -2.36. The van der Waals surface area contributed by atoms with Crippen molar-refractivity contribution in [2.75, 3.05) is 0 Å². The molecule has 0 unspecified atom stereocenters. The van der Waals surface area contributed by atoms with Gasteiger partial charge in [0.15, 0.2) is 0 Å². The molecule has 1 rings (SSSR count). The number of hydrogen-bond acceptors (Lipinski definition) is 2. The van der Waals surface area contributed by atoms with Crippen LogP contribution in [0, 0.1) is 6.92 Å². The molecule has 1 heterocycles. The zero-order valence-electron chi connectivity index (χ0n) is 7.31. The molecule has 1 aromatic rings. The van der Waals surface area contributed by atoms with Gasteiger partial charge >= 0.3 is 12.1 Å². The van der Waals surface area contributed by atoms with Crippen molar-refractivity contribution in [1.29, 1.82) is 0 Å². The van der Waals surface area contributed by atoms with E-state index < -0.39 is 12.1 Å². The highest BCUT2D eigenvalue weighted by Gasteiger charge is 2.38. The molecular formula is C8H8F3NOS. The van der Waals surface area contributed by atoms with Crippen LogP contribution in [0.2, 0.25) is 0 Å². The second-order valence-electron chi connectivity index (χ2n) is 2.69. The van der Waals surface area contributed by atoms with Crippen molar-refractivity contribution in [3.63, 3.8) is 0 Å². The Hall–Kier alpha value is -1.04. The van der Waals surface area contributed by atoms with E-state index in [4.69, 9.17) is 0 Å². The lowest BCUT2D eigenvalue weighted by molar-refractivity contribution is -0.173. The van der Waals surface area contributed by atoms with Crippen LogP contribution in [0.4, 0.5) is 13.2 Å². The van der Waals surface area contributed by atoms with Gasteiger partial charge in [-0.15, -0.1) is 11.3 Å². The summed E-state index contributed by atoms with van der Waals surface area (Å²) in [5.41, 5.74) is 0. The summed E-state index contributed by atoms with van der Waals surface area (Å²) in [6.45, 7) is 1.77. The molecule has 0 bridgehead atoms. The van der Waals surface area contributed by atoms with Crippen LogP contribution in [0.5, 0.6) is 0 Å². The Morgan fingerprint density at radius 1 is 1.50 bits per heavy atom. The van der Waals surface area contributed by atoms with E-state index in [2.05, 4.69) is 0 Å². The van der Waals surface area contributed by atoms with Crippen molar-refractivity contribution in [1.82, 2.24) is 5.32 Å². The molecule has 0 saturated heterocycles. The fraction of sp³-hybridized carbons (Fsp3) is 0.375. The standard InChI is InChI=1S/C8H8F3NOS/c1-5-2-3-6(14-5)4-12-7(13)8(9,10)11/h2-3H,4H2,1H3,(H,12,13). The van der Waals surface area contributed by atoms with Gasteiger partial charge in [0, 0.05) is 9.75 Å². The summed E-state index contributed by atoms with van der Waals surface area (Å²) in [5, 5.41) is 1.80. The van der Waals surface area contributed by atoms with Gasteiger partial charge in [0.1, 0.15) is 0 Å². The molecule has 0 saturated carbocycles. The van der Waals surface area contributed by atoms with Crippen LogP contribution in [0.15, 0.2) is 12.1 Å². The third-order valence-electron chi connectivity index (χ3n) is 1.48. The number of rotatable bonds is 2. The molecule has 0 aliphatic carbocycles. The summed E-state index contributed by atoms with van der Waals surface area (Å²) < 4.78 is 35.2. The van der Waals surface area contributed by atoms with Crippen LogP contribution >= 0.6 is 11.3 Å². The molecule has 0 atom stereocenters. The summed E-state index contributed by atoms with van der Waals surface area (Å²) in [5.74, 6) is -1.90. The summed E-state index contributed by atoms with van der Waals surface area (Å²) in [4.78, 5) is 12.1. The maximum absolute atomic E-state index is 11.7. The highest BCUT2D eigenvalue weighted by atomic mass is 32.1. The predicted molar refractivity (Wildman–Crippen MR) is 47.0 cm³/mol. The zero-order valence-corrected chi connectivity index (χ0v) is 8.13. The quantitative estimate of drug-likeness (QED) is 0.818. The van der Waals surface area contributed by atoms with Gasteiger partial charge < -0.3 is 5.32 Å². The van der Waals surface area contributed by atoms with Crippen molar-refractivity contribution in [3.8, 4) is 0 Å². The molecule has 0 aliphatic rings. The Balaban J connectivity index is 2.46. The van der Waals surface area contributed by atoms with E-state index in [-0.39, 0.29) is 6.54 Å². The number of carbonyl (C=O) groups excluding carboxylic acids is 1. The molecule has 0 fully saturated rings. The highest BCUT2D eigenvalue weighted by Crippen LogP contribution is 2.17. The van der Waals surface area contributed by atoms with E-state index in [0.717, 1.165) is 4.88 Å². The first-order chi connectivity index (χ1) is 6.39. The number of carbonyl (C=O) groups is 1. The number of nitrogens with one attached hydrogen (secondary N) is 1. The van der Waals surface area contributed by atoms with Gasteiger partial charge in [-0.25, -0.2) is 0 Å². The second kappa shape index (κ2) is 4.00. The molecular weight excluding hydrogens is 215 g/mol. The van der Waals surface area contributed by atoms with E-state index in [0.29, 0.717) is 4.88 Å². The number of aryl methyl sites for hydroxylation is 1. The largest absolute Gasteiger partial charge is 0.471 e. The number of hydrogen-bond donors (Lipinski definition) is 1. The number of thiophene rings is 1.